The lowest BCUT2D eigenvalue weighted by molar-refractivity contribution is 0.328. The predicted molar refractivity (Wildman–Crippen MR) is 40.2 cm³/mol. The minimum absolute atomic E-state index is 0.220. The fraction of sp³-hybridized carbons (Fsp3) is 0.250. The molecule has 0 aliphatic heterocycles. The standard InChI is InChI=1S/C8H11FO/c1-3-4-5-8(6-10)7(2)9/h3-5,10H,2,6H2,1H3/b4-3-,8-5-. The number of allylic oxidation sites excluding steroid dienone is 3. The second-order valence-electron chi connectivity index (χ2n) is 1.78. The first-order valence-electron chi connectivity index (χ1n) is 3.00. The van der Waals surface area contributed by atoms with Gasteiger partial charge in [0.2, 0.25) is 0 Å². The third kappa shape index (κ3) is 3.20. The van der Waals surface area contributed by atoms with Crippen LogP contribution in [0.1, 0.15) is 6.92 Å². The van der Waals surface area contributed by atoms with Crippen molar-refractivity contribution in [1.82, 2.24) is 0 Å². The minimum Gasteiger partial charge on any atom is -0.392 e. The van der Waals surface area contributed by atoms with E-state index in [1.807, 2.05) is 6.92 Å². The molecule has 0 aromatic rings. The summed E-state index contributed by atoms with van der Waals surface area (Å²) in [6, 6.07) is 0. The Morgan fingerprint density at radius 2 is 2.30 bits per heavy atom. The maximum absolute atomic E-state index is 12.2. The Morgan fingerprint density at radius 3 is 2.60 bits per heavy atom. The van der Waals surface area contributed by atoms with E-state index in [-0.39, 0.29) is 12.2 Å². The van der Waals surface area contributed by atoms with Gasteiger partial charge in [0.1, 0.15) is 5.83 Å². The predicted octanol–water partition coefficient (Wildman–Crippen LogP) is 1.96. The van der Waals surface area contributed by atoms with Gasteiger partial charge in [0, 0.05) is 5.57 Å². The van der Waals surface area contributed by atoms with E-state index in [2.05, 4.69) is 6.58 Å². The molecule has 0 aliphatic rings. The first-order valence-corrected chi connectivity index (χ1v) is 3.00. The molecule has 56 valence electrons. The summed E-state index contributed by atoms with van der Waals surface area (Å²) in [4.78, 5) is 0. The highest BCUT2D eigenvalue weighted by atomic mass is 19.1. The van der Waals surface area contributed by atoms with Crippen LogP contribution >= 0.6 is 0 Å². The Labute approximate surface area is 60.2 Å². The van der Waals surface area contributed by atoms with Crippen LogP contribution in [0.15, 0.2) is 36.2 Å². The van der Waals surface area contributed by atoms with Gasteiger partial charge >= 0.3 is 0 Å². The molecule has 0 aromatic carbocycles. The van der Waals surface area contributed by atoms with Gasteiger partial charge in [-0.3, -0.25) is 0 Å². The van der Waals surface area contributed by atoms with Crippen LogP contribution in [0.25, 0.3) is 0 Å². The quantitative estimate of drug-likeness (QED) is 0.597. The van der Waals surface area contributed by atoms with Crippen LogP contribution in [0.4, 0.5) is 4.39 Å². The summed E-state index contributed by atoms with van der Waals surface area (Å²) in [6.07, 6.45) is 4.89. The van der Waals surface area contributed by atoms with Crippen LogP contribution in [0.3, 0.4) is 0 Å². The molecule has 0 bridgehead atoms. The molecule has 0 saturated heterocycles. The zero-order chi connectivity index (χ0) is 7.98. The molecule has 0 rings (SSSR count). The molecule has 10 heavy (non-hydrogen) atoms. The van der Waals surface area contributed by atoms with Crippen molar-refractivity contribution < 1.29 is 9.50 Å². The molecular weight excluding hydrogens is 131 g/mol. The summed E-state index contributed by atoms with van der Waals surface area (Å²) in [6.45, 7) is 4.56. The summed E-state index contributed by atoms with van der Waals surface area (Å²) >= 11 is 0. The first-order chi connectivity index (χ1) is 4.72. The SMILES string of the molecule is C=C(F)/C(=C\C=C/C)CO. The number of rotatable bonds is 3. The van der Waals surface area contributed by atoms with E-state index < -0.39 is 5.83 Å². The topological polar surface area (TPSA) is 20.2 Å². The highest BCUT2D eigenvalue weighted by molar-refractivity contribution is 5.26. The lowest BCUT2D eigenvalue weighted by atomic mass is 10.2. The fourth-order valence-electron chi connectivity index (χ4n) is 0.441. The van der Waals surface area contributed by atoms with Gasteiger partial charge in [0.15, 0.2) is 0 Å². The van der Waals surface area contributed by atoms with Crippen molar-refractivity contribution in [2.24, 2.45) is 0 Å². The normalized spacial score (nSPS) is 12.5. The summed E-state index contributed by atoms with van der Waals surface area (Å²) in [5, 5.41) is 8.52. The van der Waals surface area contributed by atoms with Gasteiger partial charge < -0.3 is 5.11 Å². The average molecular weight is 142 g/mol. The van der Waals surface area contributed by atoms with Crippen LogP contribution in [0.5, 0.6) is 0 Å². The van der Waals surface area contributed by atoms with E-state index in [0.29, 0.717) is 0 Å². The summed E-state index contributed by atoms with van der Waals surface area (Å²) in [5.41, 5.74) is 0.220. The van der Waals surface area contributed by atoms with Crippen molar-refractivity contribution in [3.05, 3.63) is 36.2 Å². The van der Waals surface area contributed by atoms with Gasteiger partial charge in [-0.25, -0.2) is 4.39 Å². The first kappa shape index (κ1) is 9.11. The highest BCUT2D eigenvalue weighted by Crippen LogP contribution is 2.07. The van der Waals surface area contributed by atoms with Gasteiger partial charge in [0.25, 0.3) is 0 Å². The molecule has 1 nitrogen and oxygen atoms in total. The molecule has 0 unspecified atom stereocenters. The molecule has 0 aromatic heterocycles. The zero-order valence-electron chi connectivity index (χ0n) is 5.97. The van der Waals surface area contributed by atoms with Crippen molar-refractivity contribution in [2.75, 3.05) is 6.61 Å². The molecule has 0 radical (unpaired) electrons. The summed E-state index contributed by atoms with van der Waals surface area (Å²) in [7, 11) is 0. The molecule has 1 N–H and O–H groups in total. The minimum atomic E-state index is -0.583. The fourth-order valence-corrected chi connectivity index (χ4v) is 0.441. The summed E-state index contributed by atoms with van der Waals surface area (Å²) in [5.74, 6) is -0.583. The van der Waals surface area contributed by atoms with Gasteiger partial charge in [-0.2, -0.15) is 0 Å². The molecule has 0 fully saturated rings. The number of hydrogen-bond acceptors (Lipinski definition) is 1. The highest BCUT2D eigenvalue weighted by Gasteiger charge is 1.95. The van der Waals surface area contributed by atoms with Crippen molar-refractivity contribution in [1.29, 1.82) is 0 Å². The maximum atomic E-state index is 12.2. The van der Waals surface area contributed by atoms with Gasteiger partial charge in [-0.05, 0) is 6.92 Å². The Balaban J connectivity index is 4.18. The third-order valence-corrected chi connectivity index (χ3v) is 1.01. The second kappa shape index (κ2) is 4.94. The van der Waals surface area contributed by atoms with Crippen LogP contribution in [-0.4, -0.2) is 11.7 Å². The van der Waals surface area contributed by atoms with Crippen molar-refractivity contribution in [3.8, 4) is 0 Å². The van der Waals surface area contributed by atoms with Crippen LogP contribution in [0.2, 0.25) is 0 Å². The molecule has 0 amide bonds. The molecule has 0 saturated carbocycles. The molecular formula is C8H11FO. The van der Waals surface area contributed by atoms with Gasteiger partial charge in [-0.15, -0.1) is 0 Å². The second-order valence-corrected chi connectivity index (χ2v) is 1.78. The Kier molecular flexibility index (Phi) is 4.50. The largest absolute Gasteiger partial charge is 0.392 e. The number of hydrogen-bond donors (Lipinski definition) is 1. The number of aliphatic hydroxyl groups is 1. The molecule has 0 heterocycles. The number of halogens is 1. The lowest BCUT2D eigenvalue weighted by Gasteiger charge is -1.94. The average Bonchev–Trinajstić information content (AvgIpc) is 1.89. The van der Waals surface area contributed by atoms with Crippen molar-refractivity contribution in [2.45, 2.75) is 6.92 Å². The van der Waals surface area contributed by atoms with E-state index >= 15 is 0 Å². The monoisotopic (exact) mass is 142 g/mol. The molecule has 2 heteroatoms. The van der Waals surface area contributed by atoms with Crippen LogP contribution in [0, 0.1) is 0 Å². The molecule has 0 aliphatic carbocycles. The van der Waals surface area contributed by atoms with Crippen molar-refractivity contribution >= 4 is 0 Å². The molecule has 0 atom stereocenters. The van der Waals surface area contributed by atoms with E-state index in [0.717, 1.165) is 0 Å². The lowest BCUT2D eigenvalue weighted by Crippen LogP contribution is -1.88. The van der Waals surface area contributed by atoms with Crippen LogP contribution < -0.4 is 0 Å². The van der Waals surface area contributed by atoms with Crippen molar-refractivity contribution in [3.63, 3.8) is 0 Å². The Morgan fingerprint density at radius 1 is 1.70 bits per heavy atom. The van der Waals surface area contributed by atoms with Gasteiger partial charge in [-0.1, -0.05) is 24.8 Å². The van der Waals surface area contributed by atoms with E-state index in [4.69, 9.17) is 5.11 Å². The van der Waals surface area contributed by atoms with E-state index in [9.17, 15) is 4.39 Å². The van der Waals surface area contributed by atoms with Gasteiger partial charge in [0.05, 0.1) is 6.61 Å². The Hall–Kier alpha value is -0.890. The van der Waals surface area contributed by atoms with Crippen LogP contribution in [-0.2, 0) is 0 Å². The van der Waals surface area contributed by atoms with E-state index in [1.165, 1.54) is 6.08 Å². The summed E-state index contributed by atoms with van der Waals surface area (Å²) < 4.78 is 12.2. The third-order valence-electron chi connectivity index (χ3n) is 1.01. The zero-order valence-corrected chi connectivity index (χ0v) is 5.97. The number of aliphatic hydroxyl groups excluding tert-OH is 1. The smallest absolute Gasteiger partial charge is 0.121 e. The van der Waals surface area contributed by atoms with E-state index in [1.54, 1.807) is 12.2 Å². The molecule has 0 spiro atoms. The maximum Gasteiger partial charge on any atom is 0.121 e. The Bertz CT molecular complexity index is 168.